The van der Waals surface area contributed by atoms with Gasteiger partial charge < -0.3 is 4.57 Å². The molecule has 0 aliphatic heterocycles. The normalized spacial score (nSPS) is 16.3. The van der Waals surface area contributed by atoms with Crippen LogP contribution in [0, 0.1) is 5.92 Å². The van der Waals surface area contributed by atoms with Gasteiger partial charge in [0.15, 0.2) is 0 Å². The van der Waals surface area contributed by atoms with E-state index in [0.717, 1.165) is 23.3 Å². The van der Waals surface area contributed by atoms with Crippen molar-refractivity contribution in [1.29, 1.82) is 0 Å². The second-order valence-electron chi connectivity index (χ2n) is 5.69. The molecule has 2 aromatic rings. The lowest BCUT2D eigenvalue weighted by Gasteiger charge is -2.21. The lowest BCUT2D eigenvalue weighted by atomic mass is 10.00. The van der Waals surface area contributed by atoms with Crippen LogP contribution in [0.3, 0.4) is 0 Å². The summed E-state index contributed by atoms with van der Waals surface area (Å²) in [5, 5.41) is 0.603. The van der Waals surface area contributed by atoms with Gasteiger partial charge >= 0.3 is 0 Å². The minimum absolute atomic E-state index is 0.111. The molecule has 0 saturated heterocycles. The molecule has 1 aromatic carbocycles. The number of benzene rings is 1. The first-order valence-electron chi connectivity index (χ1n) is 7.25. The van der Waals surface area contributed by atoms with Gasteiger partial charge in [-0.2, -0.15) is 0 Å². The summed E-state index contributed by atoms with van der Waals surface area (Å²) in [6, 6.07) is 6.25. The first-order valence-corrected chi connectivity index (χ1v) is 8.06. The summed E-state index contributed by atoms with van der Waals surface area (Å²) < 4.78 is 2.27. The van der Waals surface area contributed by atoms with Crippen molar-refractivity contribution in [2.45, 2.75) is 52.0 Å². The third-order valence-electron chi connectivity index (χ3n) is 3.92. The Kier molecular flexibility index (Phi) is 4.98. The summed E-state index contributed by atoms with van der Waals surface area (Å²) in [5.41, 5.74) is 2.05. The van der Waals surface area contributed by atoms with E-state index in [1.54, 1.807) is 0 Å². The molecule has 0 bridgehead atoms. The van der Waals surface area contributed by atoms with Crippen LogP contribution in [-0.2, 0) is 0 Å². The Balaban J connectivity index is 2.51. The molecule has 3 unspecified atom stereocenters. The Morgan fingerprint density at radius 2 is 1.95 bits per heavy atom. The molecular formula is C16H22Cl2N2. The van der Waals surface area contributed by atoms with Crippen molar-refractivity contribution < 1.29 is 0 Å². The van der Waals surface area contributed by atoms with Gasteiger partial charge in [0.05, 0.1) is 16.4 Å². The molecule has 0 aliphatic carbocycles. The average Bonchev–Trinajstić information content (AvgIpc) is 2.76. The molecule has 2 rings (SSSR count). The predicted molar refractivity (Wildman–Crippen MR) is 87.8 cm³/mol. The van der Waals surface area contributed by atoms with E-state index in [1.165, 1.54) is 6.42 Å². The molecule has 1 aromatic heterocycles. The summed E-state index contributed by atoms with van der Waals surface area (Å²) in [7, 11) is 0. The zero-order chi connectivity index (χ0) is 14.9. The maximum atomic E-state index is 6.32. The van der Waals surface area contributed by atoms with Crippen LogP contribution in [0.15, 0.2) is 18.2 Å². The molecule has 2 nitrogen and oxygen atoms in total. The van der Waals surface area contributed by atoms with Gasteiger partial charge in [0.2, 0.25) is 0 Å². The largest absolute Gasteiger partial charge is 0.324 e. The maximum Gasteiger partial charge on any atom is 0.127 e. The van der Waals surface area contributed by atoms with Crippen molar-refractivity contribution in [1.82, 2.24) is 9.55 Å². The molecule has 0 radical (unpaired) electrons. The minimum Gasteiger partial charge on any atom is -0.324 e. The zero-order valence-electron chi connectivity index (χ0n) is 12.5. The van der Waals surface area contributed by atoms with Gasteiger partial charge in [-0.15, -0.1) is 11.6 Å². The second kappa shape index (κ2) is 6.36. The van der Waals surface area contributed by atoms with Crippen LogP contribution in [0.1, 0.15) is 57.8 Å². The molecule has 0 amide bonds. The van der Waals surface area contributed by atoms with E-state index in [0.29, 0.717) is 17.0 Å². The van der Waals surface area contributed by atoms with Gasteiger partial charge in [0.25, 0.3) is 0 Å². The fraction of sp³-hybridized carbons (Fsp3) is 0.562. The van der Waals surface area contributed by atoms with Crippen LogP contribution >= 0.6 is 23.2 Å². The fourth-order valence-corrected chi connectivity index (χ4v) is 3.01. The third-order valence-corrected chi connectivity index (χ3v) is 4.35. The van der Waals surface area contributed by atoms with Crippen molar-refractivity contribution in [3.05, 3.63) is 29.0 Å². The molecule has 4 heteroatoms. The number of hydrogen-bond acceptors (Lipinski definition) is 1. The highest BCUT2D eigenvalue weighted by molar-refractivity contribution is 6.31. The number of halogens is 2. The number of nitrogens with zero attached hydrogens (tertiary/aromatic N) is 2. The minimum atomic E-state index is -0.111. The summed E-state index contributed by atoms with van der Waals surface area (Å²) >= 11 is 12.4. The Morgan fingerprint density at radius 3 is 2.55 bits per heavy atom. The average molecular weight is 313 g/mol. The van der Waals surface area contributed by atoms with Crippen molar-refractivity contribution in [2.75, 3.05) is 0 Å². The molecule has 20 heavy (non-hydrogen) atoms. The summed E-state index contributed by atoms with van der Waals surface area (Å²) in [6.45, 7) is 8.73. The van der Waals surface area contributed by atoms with Crippen LogP contribution in [0.25, 0.3) is 11.0 Å². The lowest BCUT2D eigenvalue weighted by Crippen LogP contribution is -2.12. The quantitative estimate of drug-likeness (QED) is 0.620. The van der Waals surface area contributed by atoms with E-state index in [2.05, 4.69) is 30.3 Å². The molecule has 0 N–H and O–H groups in total. The fourth-order valence-electron chi connectivity index (χ4n) is 2.69. The van der Waals surface area contributed by atoms with Crippen molar-refractivity contribution in [3.63, 3.8) is 0 Å². The van der Waals surface area contributed by atoms with Gasteiger partial charge in [0, 0.05) is 11.1 Å². The first kappa shape index (κ1) is 15.7. The summed E-state index contributed by atoms with van der Waals surface area (Å²) in [4.78, 5) is 4.67. The molecular weight excluding hydrogens is 291 g/mol. The molecule has 1 heterocycles. The SMILES string of the molecule is CCC(C)CC(C)n1c(C(C)Cl)nc2cc(Cl)ccc21. The molecule has 3 atom stereocenters. The second-order valence-corrected chi connectivity index (χ2v) is 6.78. The number of aromatic nitrogens is 2. The number of hydrogen-bond donors (Lipinski definition) is 0. The Labute approximate surface area is 131 Å². The van der Waals surface area contributed by atoms with Gasteiger partial charge in [-0.05, 0) is 44.4 Å². The highest BCUT2D eigenvalue weighted by Gasteiger charge is 2.20. The molecule has 0 fully saturated rings. The number of alkyl halides is 1. The van der Waals surface area contributed by atoms with Crippen LogP contribution in [0.4, 0.5) is 0 Å². The van der Waals surface area contributed by atoms with Crippen LogP contribution < -0.4 is 0 Å². The van der Waals surface area contributed by atoms with Gasteiger partial charge in [-0.25, -0.2) is 4.98 Å². The Morgan fingerprint density at radius 1 is 1.25 bits per heavy atom. The Hall–Kier alpha value is -0.730. The third kappa shape index (κ3) is 3.12. The Bertz CT molecular complexity index is 589. The number of fused-ring (bicyclic) bond motifs is 1. The topological polar surface area (TPSA) is 17.8 Å². The highest BCUT2D eigenvalue weighted by atomic mass is 35.5. The van der Waals surface area contributed by atoms with Crippen molar-refractivity contribution >= 4 is 34.2 Å². The van der Waals surface area contributed by atoms with Gasteiger partial charge in [-0.1, -0.05) is 31.9 Å². The summed E-state index contributed by atoms with van der Waals surface area (Å²) in [5.74, 6) is 1.62. The van der Waals surface area contributed by atoms with E-state index in [4.69, 9.17) is 23.2 Å². The van der Waals surface area contributed by atoms with Crippen molar-refractivity contribution in [3.8, 4) is 0 Å². The molecule has 110 valence electrons. The van der Waals surface area contributed by atoms with Gasteiger partial charge in [0.1, 0.15) is 5.82 Å². The first-order chi connectivity index (χ1) is 9.43. The highest BCUT2D eigenvalue weighted by Crippen LogP contribution is 2.32. The van der Waals surface area contributed by atoms with Crippen molar-refractivity contribution in [2.24, 2.45) is 5.92 Å². The molecule has 0 spiro atoms. The van der Waals surface area contributed by atoms with E-state index in [1.807, 2.05) is 25.1 Å². The molecule has 0 saturated carbocycles. The van der Waals surface area contributed by atoms with E-state index < -0.39 is 0 Å². The van der Waals surface area contributed by atoms with Crippen LogP contribution in [0.2, 0.25) is 5.02 Å². The van der Waals surface area contributed by atoms with Crippen LogP contribution in [-0.4, -0.2) is 9.55 Å². The van der Waals surface area contributed by atoms with E-state index in [-0.39, 0.29) is 5.38 Å². The molecule has 0 aliphatic rings. The number of imidazole rings is 1. The van der Waals surface area contributed by atoms with E-state index >= 15 is 0 Å². The lowest BCUT2D eigenvalue weighted by molar-refractivity contribution is 0.397. The summed E-state index contributed by atoms with van der Waals surface area (Å²) in [6.07, 6.45) is 2.32. The number of rotatable bonds is 5. The van der Waals surface area contributed by atoms with Crippen LogP contribution in [0.5, 0.6) is 0 Å². The standard InChI is InChI=1S/C16H22Cl2N2/c1-5-10(2)8-11(3)20-15-7-6-13(18)9-14(15)19-16(20)12(4)17/h6-7,9-12H,5,8H2,1-4H3. The van der Waals surface area contributed by atoms with E-state index in [9.17, 15) is 0 Å². The maximum absolute atomic E-state index is 6.32. The predicted octanol–water partition coefficient (Wildman–Crippen LogP) is 5.99. The zero-order valence-corrected chi connectivity index (χ0v) is 14.0. The smallest absolute Gasteiger partial charge is 0.127 e. The monoisotopic (exact) mass is 312 g/mol. The van der Waals surface area contributed by atoms with Gasteiger partial charge in [-0.3, -0.25) is 0 Å².